The first kappa shape index (κ1) is 13.8. The molecule has 0 unspecified atom stereocenters. The number of ether oxygens (including phenoxy) is 1. The molecule has 0 bridgehead atoms. The van der Waals surface area contributed by atoms with E-state index in [1.807, 2.05) is 30.3 Å². The molecule has 6 heteroatoms. The Morgan fingerprint density at radius 3 is 2.68 bits per heavy atom. The Morgan fingerprint density at radius 2 is 2.00 bits per heavy atom. The van der Waals surface area contributed by atoms with Crippen molar-refractivity contribution >= 4 is 9.84 Å². The summed E-state index contributed by atoms with van der Waals surface area (Å²) in [6.07, 6.45) is 0. The number of sulfone groups is 1. The summed E-state index contributed by atoms with van der Waals surface area (Å²) in [4.78, 5) is 0. The lowest BCUT2D eigenvalue weighted by Gasteiger charge is -1.99. The molecule has 1 aromatic carbocycles. The predicted molar refractivity (Wildman–Crippen MR) is 71.3 cm³/mol. The van der Waals surface area contributed by atoms with E-state index in [1.54, 1.807) is 6.07 Å². The lowest BCUT2D eigenvalue weighted by molar-refractivity contribution is 0.217. The number of nitrogens with zero attached hydrogens (tertiary/aromatic N) is 1. The topological polar surface area (TPSA) is 69.4 Å². The summed E-state index contributed by atoms with van der Waals surface area (Å²) in [5.41, 5.74) is 1.28. The van der Waals surface area contributed by atoms with Crippen molar-refractivity contribution in [2.45, 2.75) is 5.75 Å². The van der Waals surface area contributed by atoms with E-state index >= 15 is 0 Å². The number of hydrogen-bond acceptors (Lipinski definition) is 5. The van der Waals surface area contributed by atoms with Crippen LogP contribution < -0.4 is 0 Å². The fourth-order valence-electron chi connectivity index (χ4n) is 1.63. The van der Waals surface area contributed by atoms with Crippen molar-refractivity contribution in [3.8, 4) is 11.3 Å². The molecule has 5 nitrogen and oxygen atoms in total. The number of methoxy groups -OCH3 is 1. The van der Waals surface area contributed by atoms with Crippen molar-refractivity contribution in [1.29, 1.82) is 0 Å². The third-order valence-corrected chi connectivity index (χ3v) is 4.11. The summed E-state index contributed by atoms with van der Waals surface area (Å²) >= 11 is 0. The molecule has 0 aliphatic carbocycles. The van der Waals surface area contributed by atoms with E-state index in [0.29, 0.717) is 11.5 Å². The van der Waals surface area contributed by atoms with Crippen molar-refractivity contribution in [2.75, 3.05) is 19.5 Å². The smallest absolute Gasteiger partial charge is 0.167 e. The normalized spacial score (nSPS) is 11.6. The zero-order valence-electron chi connectivity index (χ0n) is 10.6. The number of aromatic nitrogens is 1. The molecular weight excluding hydrogens is 266 g/mol. The minimum Gasteiger partial charge on any atom is -0.384 e. The molecule has 0 saturated heterocycles. The van der Waals surface area contributed by atoms with Crippen LogP contribution in [0.2, 0.25) is 0 Å². The zero-order chi connectivity index (χ0) is 13.7. The van der Waals surface area contributed by atoms with Crippen LogP contribution in [0, 0.1) is 0 Å². The zero-order valence-corrected chi connectivity index (χ0v) is 11.4. The third kappa shape index (κ3) is 3.90. The Morgan fingerprint density at radius 1 is 1.26 bits per heavy atom. The summed E-state index contributed by atoms with van der Waals surface area (Å²) in [6, 6.07) is 11.1. The van der Waals surface area contributed by atoms with E-state index < -0.39 is 9.84 Å². The highest BCUT2D eigenvalue weighted by atomic mass is 32.2. The Kier molecular flexibility index (Phi) is 4.34. The fraction of sp³-hybridized carbons (Fsp3) is 0.308. The molecule has 0 saturated carbocycles. The van der Waals surface area contributed by atoms with Crippen molar-refractivity contribution < 1.29 is 17.7 Å². The van der Waals surface area contributed by atoms with E-state index in [1.165, 1.54) is 7.11 Å². The monoisotopic (exact) mass is 281 g/mol. The van der Waals surface area contributed by atoms with Crippen LogP contribution in [0.25, 0.3) is 11.3 Å². The van der Waals surface area contributed by atoms with E-state index in [0.717, 1.165) is 5.56 Å². The van der Waals surface area contributed by atoms with Crippen molar-refractivity contribution in [3.63, 3.8) is 0 Å². The Labute approximate surface area is 112 Å². The van der Waals surface area contributed by atoms with Crippen LogP contribution in [0.5, 0.6) is 0 Å². The Bertz CT molecular complexity index is 619. The van der Waals surface area contributed by atoms with Gasteiger partial charge < -0.3 is 9.26 Å². The van der Waals surface area contributed by atoms with Gasteiger partial charge in [0.2, 0.25) is 0 Å². The van der Waals surface area contributed by atoms with E-state index in [4.69, 9.17) is 9.26 Å². The van der Waals surface area contributed by atoms with Crippen molar-refractivity contribution in [2.24, 2.45) is 0 Å². The summed E-state index contributed by atoms with van der Waals surface area (Å²) in [5, 5.41) is 3.79. The SMILES string of the molecule is COCCS(=O)(=O)Cc1cc(-c2ccccc2)on1. The molecule has 1 aromatic heterocycles. The maximum Gasteiger partial charge on any atom is 0.167 e. The summed E-state index contributed by atoms with van der Waals surface area (Å²) in [5.74, 6) is 0.418. The van der Waals surface area contributed by atoms with Gasteiger partial charge in [0.1, 0.15) is 0 Å². The molecule has 2 rings (SSSR count). The first-order chi connectivity index (χ1) is 9.11. The van der Waals surface area contributed by atoms with Crippen LogP contribution >= 0.6 is 0 Å². The van der Waals surface area contributed by atoms with Crippen LogP contribution in [0.1, 0.15) is 5.69 Å². The van der Waals surface area contributed by atoms with Gasteiger partial charge >= 0.3 is 0 Å². The maximum atomic E-state index is 11.7. The van der Waals surface area contributed by atoms with Gasteiger partial charge in [0, 0.05) is 18.7 Å². The molecule has 2 aromatic rings. The van der Waals surface area contributed by atoms with Gasteiger partial charge in [-0.1, -0.05) is 35.5 Å². The van der Waals surface area contributed by atoms with E-state index in [2.05, 4.69) is 5.16 Å². The standard InChI is InChI=1S/C13H15NO4S/c1-17-7-8-19(15,16)10-12-9-13(18-14-12)11-5-3-2-4-6-11/h2-6,9H,7-8,10H2,1H3. The van der Waals surface area contributed by atoms with E-state index in [9.17, 15) is 8.42 Å². The number of rotatable bonds is 6. The third-order valence-electron chi connectivity index (χ3n) is 2.58. The molecule has 0 spiro atoms. The molecule has 0 radical (unpaired) electrons. The second-order valence-electron chi connectivity index (χ2n) is 4.13. The quantitative estimate of drug-likeness (QED) is 0.809. The van der Waals surface area contributed by atoms with Crippen molar-refractivity contribution in [3.05, 3.63) is 42.1 Å². The number of benzene rings is 1. The minimum atomic E-state index is -3.21. The van der Waals surface area contributed by atoms with Gasteiger partial charge in [-0.2, -0.15) is 0 Å². The highest BCUT2D eigenvalue weighted by Gasteiger charge is 2.15. The van der Waals surface area contributed by atoms with Gasteiger partial charge in [-0.15, -0.1) is 0 Å². The molecule has 0 aliphatic rings. The largest absolute Gasteiger partial charge is 0.384 e. The summed E-state index contributed by atoms with van der Waals surface area (Å²) in [7, 11) is -1.74. The molecule has 102 valence electrons. The van der Waals surface area contributed by atoms with Crippen LogP contribution in [0.4, 0.5) is 0 Å². The van der Waals surface area contributed by atoms with E-state index in [-0.39, 0.29) is 18.1 Å². The molecule has 0 atom stereocenters. The molecule has 0 aliphatic heterocycles. The van der Waals surface area contributed by atoms with Crippen LogP contribution in [0.3, 0.4) is 0 Å². The molecule has 1 heterocycles. The first-order valence-corrected chi connectivity index (χ1v) is 7.63. The van der Waals surface area contributed by atoms with Crippen LogP contribution in [-0.4, -0.2) is 33.0 Å². The van der Waals surface area contributed by atoms with Crippen LogP contribution in [0.15, 0.2) is 40.9 Å². The molecule has 19 heavy (non-hydrogen) atoms. The maximum absolute atomic E-state index is 11.7. The average Bonchev–Trinajstić information content (AvgIpc) is 2.85. The van der Waals surface area contributed by atoms with Gasteiger partial charge in [-0.05, 0) is 0 Å². The lowest BCUT2D eigenvalue weighted by atomic mass is 10.2. The van der Waals surface area contributed by atoms with Crippen molar-refractivity contribution in [1.82, 2.24) is 5.16 Å². The fourth-order valence-corrected chi connectivity index (χ4v) is 2.78. The Balaban J connectivity index is 2.10. The number of hydrogen-bond donors (Lipinski definition) is 0. The average molecular weight is 281 g/mol. The predicted octanol–water partition coefficient (Wildman–Crippen LogP) is 1.90. The van der Waals surface area contributed by atoms with Crippen LogP contribution in [-0.2, 0) is 20.3 Å². The second kappa shape index (κ2) is 5.99. The molecule has 0 fully saturated rings. The summed E-state index contributed by atoms with van der Waals surface area (Å²) < 4.78 is 33.4. The van der Waals surface area contributed by atoms with Gasteiger partial charge in [0.15, 0.2) is 15.6 Å². The minimum absolute atomic E-state index is 0.0168. The van der Waals surface area contributed by atoms with Gasteiger partial charge in [-0.3, -0.25) is 0 Å². The molecule has 0 N–H and O–H groups in total. The summed E-state index contributed by atoms with van der Waals surface area (Å²) in [6.45, 7) is 0.186. The highest BCUT2D eigenvalue weighted by Crippen LogP contribution is 2.20. The van der Waals surface area contributed by atoms with Gasteiger partial charge in [0.25, 0.3) is 0 Å². The molecule has 0 amide bonds. The second-order valence-corrected chi connectivity index (χ2v) is 6.32. The molecular formula is C13H15NO4S. The lowest BCUT2D eigenvalue weighted by Crippen LogP contribution is -2.13. The Hall–Kier alpha value is -1.66. The van der Waals surface area contributed by atoms with Gasteiger partial charge in [-0.25, -0.2) is 8.42 Å². The first-order valence-electron chi connectivity index (χ1n) is 5.81. The van der Waals surface area contributed by atoms with Gasteiger partial charge in [0.05, 0.1) is 23.8 Å². The highest BCUT2D eigenvalue weighted by molar-refractivity contribution is 7.90.